The van der Waals surface area contributed by atoms with E-state index in [1.165, 1.54) is 0 Å². The van der Waals surface area contributed by atoms with E-state index in [2.05, 4.69) is 10.6 Å². The summed E-state index contributed by atoms with van der Waals surface area (Å²) in [6.45, 7) is 1.58. The van der Waals surface area contributed by atoms with Crippen LogP contribution in [0.3, 0.4) is 0 Å². The van der Waals surface area contributed by atoms with E-state index in [-0.39, 0.29) is 12.3 Å². The Bertz CT molecular complexity index is 459. The van der Waals surface area contributed by atoms with E-state index in [4.69, 9.17) is 0 Å². The standard InChI is InChI=1S/C12H13F3N2O/c13-8-4-9(14)12(15)10(5-8)17-11(18)3-7-1-2-16-6-7/h4-5,7,16H,1-3,6H2,(H,17,18). The first-order valence-electron chi connectivity index (χ1n) is 5.71. The lowest BCUT2D eigenvalue weighted by atomic mass is 10.0. The topological polar surface area (TPSA) is 41.1 Å². The summed E-state index contributed by atoms with van der Waals surface area (Å²) in [5.41, 5.74) is -0.455. The molecule has 1 unspecified atom stereocenters. The molecule has 1 aliphatic heterocycles. The number of hydrogen-bond acceptors (Lipinski definition) is 2. The summed E-state index contributed by atoms with van der Waals surface area (Å²) < 4.78 is 39.1. The third kappa shape index (κ3) is 3.01. The predicted octanol–water partition coefficient (Wildman–Crippen LogP) is 2.04. The van der Waals surface area contributed by atoms with Crippen molar-refractivity contribution < 1.29 is 18.0 Å². The maximum absolute atomic E-state index is 13.3. The first-order chi connectivity index (χ1) is 8.56. The lowest BCUT2D eigenvalue weighted by molar-refractivity contribution is -0.117. The molecule has 0 aromatic heterocycles. The zero-order valence-electron chi connectivity index (χ0n) is 9.60. The molecule has 0 radical (unpaired) electrons. The zero-order chi connectivity index (χ0) is 13.1. The molecule has 1 aliphatic rings. The van der Waals surface area contributed by atoms with Crippen LogP contribution >= 0.6 is 0 Å². The van der Waals surface area contributed by atoms with Crippen LogP contribution < -0.4 is 10.6 Å². The highest BCUT2D eigenvalue weighted by Gasteiger charge is 2.19. The summed E-state index contributed by atoms with van der Waals surface area (Å²) in [5.74, 6) is -3.73. The fourth-order valence-electron chi connectivity index (χ4n) is 2.00. The van der Waals surface area contributed by atoms with Gasteiger partial charge in [-0.2, -0.15) is 0 Å². The van der Waals surface area contributed by atoms with Crippen molar-refractivity contribution >= 4 is 11.6 Å². The minimum Gasteiger partial charge on any atom is -0.323 e. The summed E-state index contributed by atoms with van der Waals surface area (Å²) in [5, 5.41) is 5.29. The molecule has 98 valence electrons. The van der Waals surface area contributed by atoms with Crippen LogP contribution in [0.2, 0.25) is 0 Å². The maximum atomic E-state index is 13.3. The summed E-state index contributed by atoms with van der Waals surface area (Å²) in [7, 11) is 0. The van der Waals surface area contributed by atoms with Gasteiger partial charge >= 0.3 is 0 Å². The number of nitrogens with one attached hydrogen (secondary N) is 2. The molecule has 0 aliphatic carbocycles. The lowest BCUT2D eigenvalue weighted by Gasteiger charge is -2.10. The Morgan fingerprint density at radius 3 is 2.83 bits per heavy atom. The van der Waals surface area contributed by atoms with Crippen LogP contribution in [0.15, 0.2) is 12.1 Å². The van der Waals surface area contributed by atoms with Crippen LogP contribution in [0.4, 0.5) is 18.9 Å². The van der Waals surface area contributed by atoms with Crippen molar-refractivity contribution in [2.24, 2.45) is 5.92 Å². The molecule has 0 spiro atoms. The number of hydrogen-bond donors (Lipinski definition) is 2. The van der Waals surface area contributed by atoms with Gasteiger partial charge in [0.05, 0.1) is 5.69 Å². The molecular formula is C12H13F3N2O. The summed E-state index contributed by atoms with van der Waals surface area (Å²) >= 11 is 0. The molecule has 2 rings (SSSR count). The highest BCUT2D eigenvalue weighted by molar-refractivity contribution is 5.91. The number of rotatable bonds is 3. The van der Waals surface area contributed by atoms with Gasteiger partial charge in [-0.25, -0.2) is 13.2 Å². The van der Waals surface area contributed by atoms with Gasteiger partial charge < -0.3 is 10.6 Å². The van der Waals surface area contributed by atoms with Crippen LogP contribution in [0.1, 0.15) is 12.8 Å². The molecule has 6 heteroatoms. The Labute approximate surface area is 102 Å². The number of anilines is 1. The molecule has 0 saturated carbocycles. The molecule has 0 bridgehead atoms. The zero-order valence-corrected chi connectivity index (χ0v) is 9.60. The van der Waals surface area contributed by atoms with Gasteiger partial charge in [-0.05, 0) is 25.4 Å². The van der Waals surface area contributed by atoms with Crippen LogP contribution in [0.5, 0.6) is 0 Å². The second-order valence-corrected chi connectivity index (χ2v) is 4.36. The first-order valence-corrected chi connectivity index (χ1v) is 5.71. The van der Waals surface area contributed by atoms with Crippen molar-refractivity contribution in [3.63, 3.8) is 0 Å². The predicted molar refractivity (Wildman–Crippen MR) is 60.5 cm³/mol. The van der Waals surface area contributed by atoms with Crippen molar-refractivity contribution in [1.29, 1.82) is 0 Å². The fraction of sp³-hybridized carbons (Fsp3) is 0.417. The van der Waals surface area contributed by atoms with Crippen LogP contribution in [-0.4, -0.2) is 19.0 Å². The molecule has 1 aromatic rings. The van der Waals surface area contributed by atoms with E-state index in [0.717, 1.165) is 25.6 Å². The normalized spacial score (nSPS) is 18.9. The molecule has 1 saturated heterocycles. The number of carbonyl (C=O) groups excluding carboxylic acids is 1. The van der Waals surface area contributed by atoms with E-state index < -0.39 is 29.0 Å². The Morgan fingerprint density at radius 2 is 2.17 bits per heavy atom. The number of halogens is 3. The smallest absolute Gasteiger partial charge is 0.224 e. The molecule has 1 atom stereocenters. The van der Waals surface area contributed by atoms with Gasteiger partial charge in [-0.3, -0.25) is 4.79 Å². The molecule has 1 heterocycles. The van der Waals surface area contributed by atoms with Crippen molar-refractivity contribution in [3.8, 4) is 0 Å². The molecule has 1 amide bonds. The van der Waals surface area contributed by atoms with Crippen molar-refractivity contribution in [3.05, 3.63) is 29.6 Å². The van der Waals surface area contributed by atoms with Crippen LogP contribution in [0, 0.1) is 23.4 Å². The van der Waals surface area contributed by atoms with Gasteiger partial charge in [0, 0.05) is 18.6 Å². The van der Waals surface area contributed by atoms with Gasteiger partial charge in [0.15, 0.2) is 11.6 Å². The summed E-state index contributed by atoms with van der Waals surface area (Å²) in [6, 6.07) is 1.20. The Balaban J connectivity index is 2.02. The Morgan fingerprint density at radius 1 is 1.39 bits per heavy atom. The molecule has 2 N–H and O–H groups in total. The SMILES string of the molecule is O=C(CC1CCNC1)Nc1cc(F)cc(F)c1F. The fourth-order valence-corrected chi connectivity index (χ4v) is 2.00. The number of amides is 1. The third-order valence-corrected chi connectivity index (χ3v) is 2.90. The van der Waals surface area contributed by atoms with Crippen molar-refractivity contribution in [2.45, 2.75) is 12.8 Å². The van der Waals surface area contributed by atoms with Gasteiger partial charge in [-0.15, -0.1) is 0 Å². The monoisotopic (exact) mass is 258 g/mol. The van der Waals surface area contributed by atoms with E-state index in [0.29, 0.717) is 6.07 Å². The van der Waals surface area contributed by atoms with E-state index in [1.54, 1.807) is 0 Å². The quantitative estimate of drug-likeness (QED) is 0.815. The van der Waals surface area contributed by atoms with Gasteiger partial charge in [0.2, 0.25) is 5.91 Å². The number of benzene rings is 1. The van der Waals surface area contributed by atoms with E-state index >= 15 is 0 Å². The second-order valence-electron chi connectivity index (χ2n) is 4.36. The highest BCUT2D eigenvalue weighted by atomic mass is 19.2. The largest absolute Gasteiger partial charge is 0.323 e. The minimum absolute atomic E-state index is 0.187. The minimum atomic E-state index is -1.31. The second kappa shape index (κ2) is 5.39. The van der Waals surface area contributed by atoms with Crippen LogP contribution in [0.25, 0.3) is 0 Å². The third-order valence-electron chi connectivity index (χ3n) is 2.90. The maximum Gasteiger partial charge on any atom is 0.224 e. The highest BCUT2D eigenvalue weighted by Crippen LogP contribution is 2.20. The Hall–Kier alpha value is -1.56. The van der Waals surface area contributed by atoms with Crippen LogP contribution in [-0.2, 0) is 4.79 Å². The summed E-state index contributed by atoms with van der Waals surface area (Å²) in [4.78, 5) is 11.6. The van der Waals surface area contributed by atoms with Crippen molar-refractivity contribution in [2.75, 3.05) is 18.4 Å². The molecular weight excluding hydrogens is 245 g/mol. The average molecular weight is 258 g/mol. The molecule has 1 aromatic carbocycles. The van der Waals surface area contributed by atoms with E-state index in [1.807, 2.05) is 0 Å². The van der Waals surface area contributed by atoms with E-state index in [9.17, 15) is 18.0 Å². The Kier molecular flexibility index (Phi) is 3.86. The van der Waals surface area contributed by atoms with Gasteiger partial charge in [0.1, 0.15) is 5.82 Å². The van der Waals surface area contributed by atoms with Crippen molar-refractivity contribution in [1.82, 2.24) is 5.32 Å². The molecule has 18 heavy (non-hydrogen) atoms. The summed E-state index contributed by atoms with van der Waals surface area (Å²) in [6.07, 6.45) is 1.08. The average Bonchev–Trinajstić information content (AvgIpc) is 2.77. The van der Waals surface area contributed by atoms with Gasteiger partial charge in [-0.1, -0.05) is 0 Å². The lowest BCUT2D eigenvalue weighted by Crippen LogP contribution is -2.19. The first kappa shape index (κ1) is 12.9. The van der Waals surface area contributed by atoms with Gasteiger partial charge in [0.25, 0.3) is 0 Å². The molecule has 3 nitrogen and oxygen atoms in total. The molecule has 1 fully saturated rings. The number of carbonyl (C=O) groups is 1.